The maximum Gasteiger partial charge on any atom is 0.229 e. The van der Waals surface area contributed by atoms with Crippen LogP contribution in [0.3, 0.4) is 0 Å². The molecule has 1 aromatic carbocycles. The monoisotopic (exact) mass is 251 g/mol. The van der Waals surface area contributed by atoms with Crippen molar-refractivity contribution < 1.29 is 12.8 Å². The van der Waals surface area contributed by atoms with Crippen LogP contribution in [0.25, 0.3) is 11.3 Å². The molecule has 0 saturated carbocycles. The van der Waals surface area contributed by atoms with Crippen molar-refractivity contribution in [3.8, 4) is 11.3 Å². The molecular weight excluding hydrogens is 238 g/mol. The first-order valence-corrected chi connectivity index (χ1v) is 6.97. The molecule has 0 aliphatic heterocycles. The van der Waals surface area contributed by atoms with E-state index in [0.29, 0.717) is 5.69 Å². The van der Waals surface area contributed by atoms with Gasteiger partial charge in [-0.3, -0.25) is 4.72 Å². The summed E-state index contributed by atoms with van der Waals surface area (Å²) in [7, 11) is -3.26. The summed E-state index contributed by atoms with van der Waals surface area (Å²) in [6.07, 6.45) is 2.71. The molecular formula is C12H13NO3S. The van der Waals surface area contributed by atoms with Gasteiger partial charge in [0.1, 0.15) is 5.76 Å². The Morgan fingerprint density at radius 3 is 2.59 bits per heavy atom. The molecule has 1 aromatic heterocycles. The Morgan fingerprint density at radius 2 is 2.00 bits per heavy atom. The molecule has 1 N–H and O–H groups in total. The zero-order valence-corrected chi connectivity index (χ0v) is 10.4. The Hall–Kier alpha value is -1.75. The van der Waals surface area contributed by atoms with Gasteiger partial charge >= 0.3 is 0 Å². The normalized spacial score (nSPS) is 11.4. The summed E-state index contributed by atoms with van der Waals surface area (Å²) >= 11 is 0. The van der Waals surface area contributed by atoms with E-state index in [4.69, 9.17) is 4.42 Å². The third-order valence-corrected chi connectivity index (χ3v) is 2.93. The third-order valence-electron chi connectivity index (χ3n) is 2.33. The molecule has 90 valence electrons. The second-order valence-corrected chi connectivity index (χ2v) is 5.63. The van der Waals surface area contributed by atoms with Crippen molar-refractivity contribution in [1.29, 1.82) is 0 Å². The van der Waals surface area contributed by atoms with Gasteiger partial charge in [0, 0.05) is 11.3 Å². The van der Waals surface area contributed by atoms with Crippen LogP contribution in [-0.4, -0.2) is 14.7 Å². The van der Waals surface area contributed by atoms with Crippen LogP contribution in [-0.2, 0) is 10.0 Å². The first-order chi connectivity index (χ1) is 7.96. The highest BCUT2D eigenvalue weighted by molar-refractivity contribution is 7.92. The number of rotatable bonds is 3. The quantitative estimate of drug-likeness (QED) is 0.912. The fourth-order valence-corrected chi connectivity index (χ4v) is 2.15. The van der Waals surface area contributed by atoms with Crippen LogP contribution in [0.15, 0.2) is 41.0 Å². The van der Waals surface area contributed by atoms with Crippen molar-refractivity contribution in [3.63, 3.8) is 0 Å². The van der Waals surface area contributed by atoms with Crippen molar-refractivity contribution in [3.05, 3.63) is 42.2 Å². The van der Waals surface area contributed by atoms with Crippen LogP contribution in [0.2, 0.25) is 0 Å². The van der Waals surface area contributed by atoms with Gasteiger partial charge in [-0.25, -0.2) is 8.42 Å². The van der Waals surface area contributed by atoms with Gasteiger partial charge in [0.05, 0.1) is 12.5 Å². The highest BCUT2D eigenvalue weighted by Gasteiger charge is 2.08. The molecule has 0 amide bonds. The lowest BCUT2D eigenvalue weighted by molar-refractivity contribution is 0.582. The topological polar surface area (TPSA) is 59.3 Å². The van der Waals surface area contributed by atoms with Gasteiger partial charge < -0.3 is 4.42 Å². The molecule has 2 aromatic rings. The molecule has 1 heterocycles. The Kier molecular flexibility index (Phi) is 2.93. The minimum Gasteiger partial charge on any atom is -0.464 e. The van der Waals surface area contributed by atoms with E-state index in [2.05, 4.69) is 4.72 Å². The van der Waals surface area contributed by atoms with Crippen LogP contribution >= 0.6 is 0 Å². The molecule has 0 aliphatic rings. The molecule has 0 spiro atoms. The van der Waals surface area contributed by atoms with Gasteiger partial charge in [0.25, 0.3) is 0 Å². The van der Waals surface area contributed by atoms with Crippen LogP contribution in [0.1, 0.15) is 5.56 Å². The number of nitrogens with one attached hydrogen (secondary N) is 1. The fourth-order valence-electron chi connectivity index (χ4n) is 1.60. The fraction of sp³-hybridized carbons (Fsp3) is 0.167. The van der Waals surface area contributed by atoms with Gasteiger partial charge in [-0.2, -0.15) is 0 Å². The Balaban J connectivity index is 2.44. The number of hydrogen-bond acceptors (Lipinski definition) is 3. The van der Waals surface area contributed by atoms with E-state index in [-0.39, 0.29) is 0 Å². The molecule has 0 bridgehead atoms. The molecule has 0 atom stereocenters. The summed E-state index contributed by atoms with van der Waals surface area (Å²) in [4.78, 5) is 0. The molecule has 0 saturated heterocycles. The molecule has 17 heavy (non-hydrogen) atoms. The molecule has 0 fully saturated rings. The lowest BCUT2D eigenvalue weighted by Crippen LogP contribution is -2.09. The number of benzene rings is 1. The Bertz CT molecular complexity index is 615. The minimum absolute atomic E-state index is 0.532. The summed E-state index contributed by atoms with van der Waals surface area (Å²) < 4.78 is 30.0. The van der Waals surface area contributed by atoms with Gasteiger partial charge in [-0.05, 0) is 36.8 Å². The van der Waals surface area contributed by atoms with Crippen molar-refractivity contribution in [2.24, 2.45) is 0 Å². The van der Waals surface area contributed by atoms with E-state index in [1.54, 1.807) is 24.5 Å². The maximum absolute atomic E-state index is 11.1. The second-order valence-electron chi connectivity index (χ2n) is 3.88. The lowest BCUT2D eigenvalue weighted by Gasteiger charge is -2.08. The first-order valence-electron chi connectivity index (χ1n) is 5.08. The van der Waals surface area contributed by atoms with Crippen LogP contribution in [0.4, 0.5) is 5.69 Å². The summed E-state index contributed by atoms with van der Waals surface area (Å²) in [6.45, 7) is 1.95. The first kappa shape index (κ1) is 11.7. The summed E-state index contributed by atoms with van der Waals surface area (Å²) in [5.41, 5.74) is 2.44. The average Bonchev–Trinajstić information content (AvgIpc) is 2.72. The van der Waals surface area contributed by atoms with Crippen LogP contribution in [0.5, 0.6) is 0 Å². The van der Waals surface area contributed by atoms with Gasteiger partial charge in [-0.15, -0.1) is 0 Å². The van der Waals surface area contributed by atoms with E-state index < -0.39 is 10.0 Å². The molecule has 5 heteroatoms. The van der Waals surface area contributed by atoms with Crippen molar-refractivity contribution >= 4 is 15.7 Å². The van der Waals surface area contributed by atoms with Gasteiger partial charge in [0.15, 0.2) is 0 Å². The standard InChI is InChI=1S/C12H13NO3S/c1-9-5-6-10(13-17(2,14)15)8-11(9)12-4-3-7-16-12/h3-8,13H,1-2H3. The predicted octanol–water partition coefficient (Wildman–Crippen LogP) is 2.63. The number of hydrogen-bond donors (Lipinski definition) is 1. The SMILES string of the molecule is Cc1ccc(NS(C)(=O)=O)cc1-c1ccco1. The van der Waals surface area contributed by atoms with E-state index in [9.17, 15) is 8.42 Å². The zero-order chi connectivity index (χ0) is 12.5. The minimum atomic E-state index is -3.26. The van der Waals surface area contributed by atoms with Crippen molar-refractivity contribution in [2.75, 3.05) is 11.0 Å². The van der Waals surface area contributed by atoms with E-state index in [1.165, 1.54) is 0 Å². The van der Waals surface area contributed by atoms with Gasteiger partial charge in [0.2, 0.25) is 10.0 Å². The van der Waals surface area contributed by atoms with Crippen LogP contribution < -0.4 is 4.72 Å². The molecule has 4 nitrogen and oxygen atoms in total. The highest BCUT2D eigenvalue weighted by atomic mass is 32.2. The van der Waals surface area contributed by atoms with E-state index in [0.717, 1.165) is 23.1 Å². The van der Waals surface area contributed by atoms with Crippen molar-refractivity contribution in [2.45, 2.75) is 6.92 Å². The Morgan fingerprint density at radius 1 is 1.24 bits per heavy atom. The average molecular weight is 251 g/mol. The van der Waals surface area contributed by atoms with E-state index in [1.807, 2.05) is 19.1 Å². The maximum atomic E-state index is 11.1. The molecule has 2 rings (SSSR count). The number of furan rings is 1. The number of sulfonamides is 1. The molecule has 0 radical (unpaired) electrons. The predicted molar refractivity (Wildman–Crippen MR) is 67.3 cm³/mol. The Labute approximate surface area is 100 Å². The molecule has 0 aliphatic carbocycles. The summed E-state index contributed by atoms with van der Waals surface area (Å²) in [6, 6.07) is 8.97. The lowest BCUT2D eigenvalue weighted by atomic mass is 10.1. The molecule has 0 unspecified atom stereocenters. The zero-order valence-electron chi connectivity index (χ0n) is 9.60. The second kappa shape index (κ2) is 4.25. The highest BCUT2D eigenvalue weighted by Crippen LogP contribution is 2.27. The number of anilines is 1. The smallest absolute Gasteiger partial charge is 0.229 e. The van der Waals surface area contributed by atoms with Gasteiger partial charge in [-0.1, -0.05) is 6.07 Å². The van der Waals surface area contributed by atoms with E-state index >= 15 is 0 Å². The van der Waals surface area contributed by atoms with Crippen LogP contribution in [0, 0.1) is 6.92 Å². The third kappa shape index (κ3) is 2.88. The largest absolute Gasteiger partial charge is 0.464 e. The van der Waals surface area contributed by atoms with Crippen molar-refractivity contribution in [1.82, 2.24) is 0 Å². The number of aryl methyl sites for hydroxylation is 1. The summed E-state index contributed by atoms with van der Waals surface area (Å²) in [5.74, 6) is 0.722. The summed E-state index contributed by atoms with van der Waals surface area (Å²) in [5, 5.41) is 0.